The van der Waals surface area contributed by atoms with Gasteiger partial charge in [0.05, 0.1) is 5.58 Å². The fraction of sp³-hybridized carbons (Fsp3) is 0.191. The SMILES string of the molecule is [2H]C1(c2ccnc(-c3[c-]ccc4c3oc3cc(-c5ccccc5)ccc34)c2)CCCCC1.[CH3][Ge]([CH3])([CH3])[c]1ccc(-c2[c-]c3ccccc3cc2)nc1.[Ir]. The quantitative estimate of drug-likeness (QED) is 0.128. The van der Waals surface area contributed by atoms with Crippen LogP contribution in [0.4, 0.5) is 0 Å². The molecule has 0 unspecified atom stereocenters. The monoisotopic (exact) mass is 918 g/mol. The molecule has 1 aliphatic rings. The number of rotatable bonds is 5. The van der Waals surface area contributed by atoms with Gasteiger partial charge in [-0.1, -0.05) is 84.3 Å². The van der Waals surface area contributed by atoms with Crippen molar-refractivity contribution in [2.75, 3.05) is 0 Å². The van der Waals surface area contributed by atoms with E-state index in [1.807, 2.05) is 30.5 Å². The molecule has 0 N–H and O–H groups in total. The van der Waals surface area contributed by atoms with Crippen LogP contribution in [-0.2, 0) is 20.1 Å². The van der Waals surface area contributed by atoms with Gasteiger partial charge in [-0.3, -0.25) is 0 Å². The molecular weight excluding hydrogens is 873 g/mol. The van der Waals surface area contributed by atoms with Gasteiger partial charge in [-0.2, -0.15) is 0 Å². The van der Waals surface area contributed by atoms with Crippen molar-refractivity contribution in [3.8, 4) is 33.6 Å². The van der Waals surface area contributed by atoms with Crippen molar-refractivity contribution in [2.24, 2.45) is 0 Å². The molecule has 0 bridgehead atoms. The number of benzene rings is 5. The third-order valence-electron chi connectivity index (χ3n) is 9.99. The van der Waals surface area contributed by atoms with Crippen LogP contribution in [0.2, 0.25) is 17.3 Å². The van der Waals surface area contributed by atoms with E-state index in [-0.39, 0.29) is 20.1 Å². The minimum absolute atomic E-state index is 0. The minimum atomic E-state index is -1.77. The van der Waals surface area contributed by atoms with E-state index in [9.17, 15) is 0 Å². The number of hydrogen-bond acceptors (Lipinski definition) is 3. The van der Waals surface area contributed by atoms with Crippen molar-refractivity contribution in [2.45, 2.75) is 55.3 Å². The van der Waals surface area contributed by atoms with Crippen molar-refractivity contribution in [3.05, 3.63) is 151 Å². The molecular formula is C47H42GeIrN2O-2. The molecule has 5 aromatic carbocycles. The van der Waals surface area contributed by atoms with Gasteiger partial charge in [0.2, 0.25) is 0 Å². The summed E-state index contributed by atoms with van der Waals surface area (Å²) in [7, 11) is 0. The second-order valence-corrected chi connectivity index (χ2v) is 25.2. The fourth-order valence-electron chi connectivity index (χ4n) is 7.06. The number of pyridine rings is 2. The van der Waals surface area contributed by atoms with E-state index in [4.69, 9.17) is 5.79 Å². The molecule has 0 spiro atoms. The third-order valence-corrected chi connectivity index (χ3v) is 14.2. The van der Waals surface area contributed by atoms with E-state index in [1.165, 1.54) is 21.8 Å². The largest absolute Gasteiger partial charge is 0 e. The van der Waals surface area contributed by atoms with Gasteiger partial charge in [-0.05, 0) is 47.7 Å². The summed E-state index contributed by atoms with van der Waals surface area (Å²) in [6, 6.07) is 48.6. The second kappa shape index (κ2) is 15.7. The van der Waals surface area contributed by atoms with Crippen molar-refractivity contribution in [3.63, 3.8) is 0 Å². The molecule has 0 saturated heterocycles. The summed E-state index contributed by atoms with van der Waals surface area (Å²) in [4.78, 5) is 9.28. The Balaban J connectivity index is 0.000000179. The summed E-state index contributed by atoms with van der Waals surface area (Å²) >= 11 is -1.77. The molecule has 8 aromatic rings. The molecule has 9 rings (SSSR count). The molecule has 52 heavy (non-hydrogen) atoms. The molecule has 0 atom stereocenters. The van der Waals surface area contributed by atoms with E-state index in [1.54, 1.807) is 0 Å². The van der Waals surface area contributed by atoms with Crippen molar-refractivity contribution in [1.29, 1.82) is 0 Å². The first-order valence-corrected chi connectivity index (χ1v) is 25.4. The van der Waals surface area contributed by atoms with Crippen LogP contribution in [-0.4, -0.2) is 23.2 Å². The molecule has 1 radical (unpaired) electrons. The third kappa shape index (κ3) is 7.71. The van der Waals surface area contributed by atoms with Gasteiger partial charge in [0.1, 0.15) is 5.58 Å². The maximum atomic E-state index is 9.02. The number of hydrogen-bond donors (Lipinski definition) is 0. The molecule has 3 aromatic heterocycles. The zero-order valence-electron chi connectivity index (χ0n) is 30.9. The number of nitrogens with zero attached hydrogens (tertiary/aromatic N) is 2. The Kier molecular flexibility index (Phi) is 10.5. The van der Waals surface area contributed by atoms with Crippen molar-refractivity contribution >= 4 is 50.4 Å². The Morgan fingerprint density at radius 1 is 0.731 bits per heavy atom. The Morgan fingerprint density at radius 3 is 2.33 bits per heavy atom. The zero-order valence-corrected chi connectivity index (χ0v) is 34.4. The van der Waals surface area contributed by atoms with Gasteiger partial charge in [0, 0.05) is 33.1 Å². The topological polar surface area (TPSA) is 38.9 Å². The zero-order chi connectivity index (χ0) is 35.7. The van der Waals surface area contributed by atoms with Crippen LogP contribution in [0.15, 0.2) is 138 Å². The van der Waals surface area contributed by atoms with Crippen LogP contribution >= 0.6 is 0 Å². The van der Waals surface area contributed by atoms with Gasteiger partial charge in [0.25, 0.3) is 0 Å². The van der Waals surface area contributed by atoms with E-state index in [2.05, 4.69) is 143 Å². The van der Waals surface area contributed by atoms with Gasteiger partial charge in [0.15, 0.2) is 0 Å². The second-order valence-electron chi connectivity index (χ2n) is 14.5. The summed E-state index contributed by atoms with van der Waals surface area (Å²) in [5.41, 5.74) is 8.79. The number of fused-ring (bicyclic) bond motifs is 4. The van der Waals surface area contributed by atoms with E-state index >= 15 is 0 Å². The summed E-state index contributed by atoms with van der Waals surface area (Å²) in [5, 5.41) is 4.52. The first kappa shape index (κ1) is 34.7. The van der Waals surface area contributed by atoms with E-state index in [0.29, 0.717) is 0 Å². The molecule has 3 nitrogen and oxygen atoms in total. The Hall–Kier alpha value is -4.35. The predicted molar refractivity (Wildman–Crippen MR) is 216 cm³/mol. The van der Waals surface area contributed by atoms with Gasteiger partial charge >= 0.3 is 123 Å². The molecule has 0 aliphatic heterocycles. The van der Waals surface area contributed by atoms with Crippen molar-refractivity contribution in [1.82, 2.24) is 9.97 Å². The van der Waals surface area contributed by atoms with Gasteiger partial charge in [-0.25, -0.2) is 0 Å². The normalized spacial score (nSPS) is 14.3. The first-order chi connectivity index (χ1) is 25.2. The summed E-state index contributed by atoms with van der Waals surface area (Å²) < 4.78 is 16.8. The van der Waals surface area contributed by atoms with Crippen LogP contribution in [0.1, 0.15) is 44.9 Å². The molecule has 261 valence electrons. The first-order valence-electron chi connectivity index (χ1n) is 18.5. The Morgan fingerprint density at radius 2 is 1.54 bits per heavy atom. The molecule has 1 saturated carbocycles. The van der Waals surface area contributed by atoms with E-state index in [0.717, 1.165) is 86.6 Å². The predicted octanol–water partition coefficient (Wildman–Crippen LogP) is 12.4. The van der Waals surface area contributed by atoms with Crippen LogP contribution in [0, 0.1) is 12.1 Å². The number of furan rings is 1. The smallest absolute Gasteiger partial charge is 0 e. The summed E-state index contributed by atoms with van der Waals surface area (Å²) in [6.07, 6.45) is 9.19. The minimum Gasteiger partial charge on any atom is 0 e. The average Bonchev–Trinajstić information content (AvgIpc) is 3.57. The van der Waals surface area contributed by atoms with E-state index < -0.39 is 19.2 Å². The molecule has 5 heteroatoms. The standard InChI is InChI=1S/C29H24NO.C18H18GeN.Ir/c1-3-8-20(9-4-1)22-14-15-24-25-12-7-13-26(29(25)31-28(24)19-22)27-18-23(16-17-30-27)21-10-5-2-6-11-21;1-19(2,3)17-10-11-18(20-13-17)16-9-8-14-6-4-5-7-15(14)12-16;/h1,3-4,7-9,12,14-19,21H,2,5-6,10-11H2;4-11,13H,1-3H3;/q2*-1;/i21D;;. The van der Waals surface area contributed by atoms with Crippen LogP contribution < -0.4 is 4.40 Å². The molecule has 1 aliphatic carbocycles. The maximum absolute atomic E-state index is 9.02. The molecule has 0 amide bonds. The average molecular weight is 917 g/mol. The fourth-order valence-corrected chi connectivity index (χ4v) is 9.23. The van der Waals surface area contributed by atoms with Gasteiger partial charge in [-0.15, -0.1) is 18.2 Å². The summed E-state index contributed by atoms with van der Waals surface area (Å²) in [6.45, 7) is 0. The van der Waals surface area contributed by atoms with Crippen LogP contribution in [0.25, 0.3) is 66.4 Å². The molecule has 3 heterocycles. The van der Waals surface area contributed by atoms with Gasteiger partial charge < -0.3 is 9.40 Å². The Bertz CT molecular complexity index is 2500. The molecule has 1 fully saturated rings. The number of aromatic nitrogens is 2. The van der Waals surface area contributed by atoms with Crippen molar-refractivity contribution < 1.29 is 25.9 Å². The van der Waals surface area contributed by atoms with Crippen LogP contribution in [0.5, 0.6) is 0 Å². The summed E-state index contributed by atoms with van der Waals surface area (Å²) in [5.74, 6) is 6.65. The van der Waals surface area contributed by atoms with Crippen LogP contribution in [0.3, 0.4) is 0 Å². The maximum Gasteiger partial charge on any atom is 0 e. The Labute approximate surface area is 324 Å².